The molecule has 0 aliphatic carbocycles. The molecule has 174 valence electrons. The van der Waals surface area contributed by atoms with Gasteiger partial charge in [0.05, 0.1) is 27.7 Å². The van der Waals surface area contributed by atoms with Crippen molar-refractivity contribution in [3.8, 4) is 6.07 Å². The number of aliphatic carboxylic acids is 1. The number of hydrogen-bond donors (Lipinski definition) is 1. The molecule has 3 aromatic rings. The molecule has 0 saturated carbocycles. The Labute approximate surface area is 188 Å². The predicted molar refractivity (Wildman–Crippen MR) is 108 cm³/mol. The molecule has 2 aromatic carbocycles. The Morgan fingerprint density at radius 2 is 1.70 bits per heavy atom. The number of hydrogen-bond acceptors (Lipinski definition) is 2. The number of carboxylic acids is 1. The topological polar surface area (TPSA) is 66.0 Å². The standard InChI is InChI=1S/C22H15ClF6N2O2/c1-11(15(8-30)20(32)33)16-10-31(18-4-2-3-17(23)19(16)18)9-12-5-13(21(24,25)26)7-14(6-12)22(27,28)29/h2-7,10-11,15H,9H2,1H3,(H,32,33). The normalized spacial score (nSPS) is 14.2. The van der Waals surface area contributed by atoms with Crippen molar-refractivity contribution in [1.82, 2.24) is 4.57 Å². The first-order valence-corrected chi connectivity index (χ1v) is 9.80. The summed E-state index contributed by atoms with van der Waals surface area (Å²) < 4.78 is 80.7. The number of halogens is 7. The summed E-state index contributed by atoms with van der Waals surface area (Å²) in [4.78, 5) is 11.5. The van der Waals surface area contributed by atoms with Crippen LogP contribution in [0.1, 0.15) is 35.1 Å². The van der Waals surface area contributed by atoms with Crippen molar-refractivity contribution >= 4 is 28.5 Å². The van der Waals surface area contributed by atoms with E-state index in [0.29, 0.717) is 28.6 Å². The van der Waals surface area contributed by atoms with Crippen LogP contribution >= 0.6 is 11.6 Å². The molecule has 33 heavy (non-hydrogen) atoms. The molecule has 0 saturated heterocycles. The van der Waals surface area contributed by atoms with Crippen molar-refractivity contribution in [2.45, 2.75) is 31.7 Å². The van der Waals surface area contributed by atoms with Gasteiger partial charge < -0.3 is 9.67 Å². The molecule has 0 spiro atoms. The van der Waals surface area contributed by atoms with E-state index in [0.717, 1.165) is 0 Å². The minimum atomic E-state index is -4.99. The zero-order valence-electron chi connectivity index (χ0n) is 16.8. The quantitative estimate of drug-likeness (QED) is 0.406. The first kappa shape index (κ1) is 24.5. The van der Waals surface area contributed by atoms with Crippen LogP contribution in [0, 0.1) is 17.2 Å². The van der Waals surface area contributed by atoms with Crippen molar-refractivity contribution in [2.24, 2.45) is 5.92 Å². The first-order valence-electron chi connectivity index (χ1n) is 9.42. The van der Waals surface area contributed by atoms with Crippen LogP contribution in [0.2, 0.25) is 5.02 Å². The Hall–Kier alpha value is -3.19. The predicted octanol–water partition coefficient (Wildman–Crippen LogP) is 6.71. The average Bonchev–Trinajstić information content (AvgIpc) is 3.06. The Morgan fingerprint density at radius 3 is 2.18 bits per heavy atom. The van der Waals surface area contributed by atoms with Crippen LogP contribution in [-0.2, 0) is 23.7 Å². The van der Waals surface area contributed by atoms with Gasteiger partial charge >= 0.3 is 18.3 Å². The van der Waals surface area contributed by atoms with Crippen LogP contribution in [0.5, 0.6) is 0 Å². The number of nitrogens with zero attached hydrogens (tertiary/aromatic N) is 2. The maximum atomic E-state index is 13.2. The summed E-state index contributed by atoms with van der Waals surface area (Å²) >= 11 is 6.28. The number of aromatic nitrogens is 1. The van der Waals surface area contributed by atoms with Crippen molar-refractivity contribution < 1.29 is 36.2 Å². The smallest absolute Gasteiger partial charge is 0.416 e. The van der Waals surface area contributed by atoms with Gasteiger partial charge in [0, 0.05) is 24.0 Å². The minimum Gasteiger partial charge on any atom is -0.480 e. The lowest BCUT2D eigenvalue weighted by molar-refractivity contribution is -0.143. The van der Waals surface area contributed by atoms with E-state index < -0.39 is 41.3 Å². The molecule has 0 fully saturated rings. The summed E-state index contributed by atoms with van der Waals surface area (Å²) in [7, 11) is 0. The van der Waals surface area contributed by atoms with Gasteiger partial charge in [0.15, 0.2) is 5.92 Å². The Morgan fingerprint density at radius 1 is 1.12 bits per heavy atom. The lowest BCUT2D eigenvalue weighted by Gasteiger charge is -2.15. The number of carbonyl (C=O) groups is 1. The second-order valence-corrected chi connectivity index (χ2v) is 7.90. The molecule has 0 amide bonds. The number of benzene rings is 2. The third kappa shape index (κ3) is 4.93. The second kappa shape index (κ2) is 8.63. The number of fused-ring (bicyclic) bond motifs is 1. The van der Waals surface area contributed by atoms with Gasteiger partial charge in [0.1, 0.15) is 0 Å². The van der Waals surface area contributed by atoms with Gasteiger partial charge in [-0.15, -0.1) is 0 Å². The molecule has 4 nitrogen and oxygen atoms in total. The SMILES string of the molecule is CC(c1cn(Cc2cc(C(F)(F)F)cc(C(F)(F)F)c2)c2cccc(Cl)c12)C(C#N)C(=O)O. The van der Waals surface area contributed by atoms with Crippen LogP contribution < -0.4 is 0 Å². The lowest BCUT2D eigenvalue weighted by Crippen LogP contribution is -2.18. The van der Waals surface area contributed by atoms with Crippen LogP contribution in [0.4, 0.5) is 26.3 Å². The van der Waals surface area contributed by atoms with E-state index in [1.807, 2.05) is 0 Å². The van der Waals surface area contributed by atoms with Crippen LogP contribution in [-0.4, -0.2) is 15.6 Å². The van der Waals surface area contributed by atoms with Gasteiger partial charge in [-0.1, -0.05) is 24.6 Å². The van der Waals surface area contributed by atoms with Crippen molar-refractivity contribution in [1.29, 1.82) is 5.26 Å². The monoisotopic (exact) mass is 488 g/mol. The lowest BCUT2D eigenvalue weighted by atomic mass is 9.88. The van der Waals surface area contributed by atoms with E-state index in [-0.39, 0.29) is 23.2 Å². The molecule has 2 unspecified atom stereocenters. The highest BCUT2D eigenvalue weighted by atomic mass is 35.5. The van der Waals surface area contributed by atoms with Crippen molar-refractivity contribution in [3.05, 3.63) is 69.9 Å². The number of carboxylic acid groups (broad SMARTS) is 1. The molecule has 11 heteroatoms. The Kier molecular flexibility index (Phi) is 6.40. The van der Waals surface area contributed by atoms with Gasteiger partial charge in [-0.2, -0.15) is 31.6 Å². The molecule has 1 N–H and O–H groups in total. The molecule has 1 heterocycles. The average molecular weight is 489 g/mol. The Balaban J connectivity index is 2.18. The van der Waals surface area contributed by atoms with E-state index in [1.54, 1.807) is 18.2 Å². The van der Waals surface area contributed by atoms with E-state index in [1.165, 1.54) is 23.8 Å². The van der Waals surface area contributed by atoms with Crippen LogP contribution in [0.15, 0.2) is 42.6 Å². The fourth-order valence-electron chi connectivity index (χ4n) is 3.68. The molecule has 0 bridgehead atoms. The zero-order valence-corrected chi connectivity index (χ0v) is 17.6. The highest BCUT2D eigenvalue weighted by molar-refractivity contribution is 6.35. The van der Waals surface area contributed by atoms with Crippen LogP contribution in [0.3, 0.4) is 0 Å². The highest BCUT2D eigenvalue weighted by Gasteiger charge is 2.37. The van der Waals surface area contributed by atoms with Crippen molar-refractivity contribution in [3.63, 3.8) is 0 Å². The summed E-state index contributed by atoms with van der Waals surface area (Å²) in [5.41, 5.74) is -2.43. The van der Waals surface area contributed by atoms with Crippen LogP contribution in [0.25, 0.3) is 10.9 Å². The Bertz CT molecular complexity index is 1220. The highest BCUT2D eigenvalue weighted by Crippen LogP contribution is 2.39. The van der Waals surface area contributed by atoms with Crippen molar-refractivity contribution in [2.75, 3.05) is 0 Å². The van der Waals surface area contributed by atoms with Gasteiger partial charge in [0.25, 0.3) is 0 Å². The molecule has 0 radical (unpaired) electrons. The molecular formula is C22H15ClF6N2O2. The third-order valence-electron chi connectivity index (χ3n) is 5.28. The third-order valence-corrected chi connectivity index (χ3v) is 5.60. The molecular weight excluding hydrogens is 474 g/mol. The van der Waals surface area contributed by atoms with Gasteiger partial charge in [-0.25, -0.2) is 0 Å². The number of rotatable bonds is 5. The summed E-state index contributed by atoms with van der Waals surface area (Å²) in [6.45, 7) is 1.11. The molecule has 0 aliphatic heterocycles. The van der Waals surface area contributed by atoms with E-state index >= 15 is 0 Å². The summed E-state index contributed by atoms with van der Waals surface area (Å²) in [6.07, 6.45) is -8.57. The molecule has 3 rings (SSSR count). The summed E-state index contributed by atoms with van der Waals surface area (Å²) in [6, 6.07) is 7.60. The number of alkyl halides is 6. The molecule has 2 atom stereocenters. The maximum Gasteiger partial charge on any atom is 0.416 e. The number of nitriles is 1. The summed E-state index contributed by atoms with van der Waals surface area (Å²) in [5, 5.41) is 19.1. The second-order valence-electron chi connectivity index (χ2n) is 7.49. The van der Waals surface area contributed by atoms with E-state index in [4.69, 9.17) is 11.6 Å². The molecule has 1 aromatic heterocycles. The van der Waals surface area contributed by atoms with Gasteiger partial charge in [-0.05, 0) is 41.5 Å². The minimum absolute atomic E-state index is 0.0476. The zero-order chi connectivity index (χ0) is 24.7. The first-order chi connectivity index (χ1) is 15.2. The fourth-order valence-corrected chi connectivity index (χ4v) is 3.96. The maximum absolute atomic E-state index is 13.2. The summed E-state index contributed by atoms with van der Waals surface area (Å²) in [5.74, 6) is -3.67. The van der Waals surface area contributed by atoms with E-state index in [2.05, 4.69) is 0 Å². The van der Waals surface area contributed by atoms with Gasteiger partial charge in [-0.3, -0.25) is 4.79 Å². The van der Waals surface area contributed by atoms with E-state index in [9.17, 15) is 41.5 Å². The molecule has 0 aliphatic rings. The fraction of sp³-hybridized carbons (Fsp3) is 0.273. The van der Waals surface area contributed by atoms with Gasteiger partial charge in [0.2, 0.25) is 0 Å². The largest absolute Gasteiger partial charge is 0.480 e.